The molecular weight excluding hydrogens is 215 g/mol. The van der Waals surface area contributed by atoms with Crippen molar-refractivity contribution in [3.63, 3.8) is 0 Å². The molecule has 2 aromatic rings. The van der Waals surface area contributed by atoms with Crippen LogP contribution in [-0.4, -0.2) is 9.78 Å². The van der Waals surface area contributed by atoms with Crippen LogP contribution in [0.5, 0.6) is 0 Å². The maximum Gasteiger partial charge on any atom is 0.123 e. The Morgan fingerprint density at radius 1 is 1.24 bits per heavy atom. The van der Waals surface area contributed by atoms with Gasteiger partial charge in [0.05, 0.1) is 11.4 Å². The van der Waals surface area contributed by atoms with E-state index in [0.29, 0.717) is 0 Å². The molecule has 90 valence electrons. The van der Waals surface area contributed by atoms with Gasteiger partial charge in [0, 0.05) is 5.69 Å². The fraction of sp³-hybridized carbons (Fsp3) is 0.357. The lowest BCUT2D eigenvalue weighted by Crippen LogP contribution is -2.02. The zero-order chi connectivity index (χ0) is 12.6. The number of halogens is 1. The molecule has 2 rings (SSSR count). The van der Waals surface area contributed by atoms with Crippen molar-refractivity contribution in [3.8, 4) is 5.69 Å². The van der Waals surface area contributed by atoms with Gasteiger partial charge < -0.3 is 0 Å². The molecule has 0 amide bonds. The summed E-state index contributed by atoms with van der Waals surface area (Å²) in [5.41, 5.74) is 5.30. The minimum atomic E-state index is -0.205. The normalized spacial score (nSPS) is 10.9. The van der Waals surface area contributed by atoms with Gasteiger partial charge >= 0.3 is 0 Å². The fourth-order valence-corrected chi connectivity index (χ4v) is 2.07. The molecular formula is C14H17FN2. The maximum atomic E-state index is 13.1. The fourth-order valence-electron chi connectivity index (χ4n) is 2.07. The van der Waals surface area contributed by atoms with Crippen molar-refractivity contribution in [1.82, 2.24) is 9.78 Å². The van der Waals surface area contributed by atoms with E-state index in [1.165, 1.54) is 17.7 Å². The van der Waals surface area contributed by atoms with Crippen LogP contribution >= 0.6 is 0 Å². The summed E-state index contributed by atoms with van der Waals surface area (Å²) in [5.74, 6) is -0.205. The van der Waals surface area contributed by atoms with Gasteiger partial charge in [-0.25, -0.2) is 9.07 Å². The molecule has 0 aliphatic carbocycles. The van der Waals surface area contributed by atoms with E-state index < -0.39 is 0 Å². The van der Waals surface area contributed by atoms with Gasteiger partial charge in [0.1, 0.15) is 5.82 Å². The second-order valence-corrected chi connectivity index (χ2v) is 4.35. The molecule has 2 nitrogen and oxygen atoms in total. The number of hydrogen-bond acceptors (Lipinski definition) is 1. The first-order valence-corrected chi connectivity index (χ1v) is 5.86. The summed E-state index contributed by atoms with van der Waals surface area (Å²) in [7, 11) is 0. The van der Waals surface area contributed by atoms with Crippen LogP contribution in [0.4, 0.5) is 4.39 Å². The Morgan fingerprint density at radius 3 is 2.47 bits per heavy atom. The minimum Gasteiger partial charge on any atom is -0.237 e. The Morgan fingerprint density at radius 2 is 1.94 bits per heavy atom. The zero-order valence-electron chi connectivity index (χ0n) is 10.7. The van der Waals surface area contributed by atoms with E-state index in [0.717, 1.165) is 29.1 Å². The lowest BCUT2D eigenvalue weighted by atomic mass is 10.1. The van der Waals surface area contributed by atoms with Crippen LogP contribution in [0.1, 0.15) is 29.4 Å². The molecule has 17 heavy (non-hydrogen) atoms. The monoisotopic (exact) mass is 232 g/mol. The van der Waals surface area contributed by atoms with E-state index in [-0.39, 0.29) is 5.82 Å². The van der Waals surface area contributed by atoms with Crippen LogP contribution in [0.2, 0.25) is 0 Å². The van der Waals surface area contributed by atoms with Crippen LogP contribution in [-0.2, 0) is 6.42 Å². The summed E-state index contributed by atoms with van der Waals surface area (Å²) in [6, 6.07) is 4.80. The van der Waals surface area contributed by atoms with E-state index in [1.807, 2.05) is 18.5 Å². The summed E-state index contributed by atoms with van der Waals surface area (Å²) in [5, 5.41) is 4.58. The van der Waals surface area contributed by atoms with Crippen molar-refractivity contribution < 1.29 is 4.39 Å². The predicted molar refractivity (Wildman–Crippen MR) is 67.1 cm³/mol. The molecule has 0 spiro atoms. The first kappa shape index (κ1) is 11.8. The van der Waals surface area contributed by atoms with Crippen LogP contribution in [0, 0.1) is 26.6 Å². The third-order valence-electron chi connectivity index (χ3n) is 3.24. The van der Waals surface area contributed by atoms with Gasteiger partial charge in [-0.3, -0.25) is 0 Å². The lowest BCUT2D eigenvalue weighted by Gasteiger charge is -2.08. The third-order valence-corrected chi connectivity index (χ3v) is 3.24. The molecule has 0 aliphatic rings. The van der Waals surface area contributed by atoms with Crippen LogP contribution in [0.25, 0.3) is 5.69 Å². The molecule has 0 aliphatic heterocycles. The SMILES string of the molecule is CCc1nn(-c2ccc(F)cc2C)c(C)c1C. The van der Waals surface area contributed by atoms with Crippen LogP contribution < -0.4 is 0 Å². The Hall–Kier alpha value is -1.64. The van der Waals surface area contributed by atoms with E-state index in [4.69, 9.17) is 0 Å². The smallest absolute Gasteiger partial charge is 0.123 e. The van der Waals surface area contributed by atoms with E-state index in [1.54, 1.807) is 6.07 Å². The molecule has 0 bridgehead atoms. The molecule has 0 atom stereocenters. The number of benzene rings is 1. The minimum absolute atomic E-state index is 0.205. The first-order chi connectivity index (χ1) is 8.04. The van der Waals surface area contributed by atoms with Crippen molar-refractivity contribution in [2.75, 3.05) is 0 Å². The molecule has 0 saturated heterocycles. The van der Waals surface area contributed by atoms with Gasteiger partial charge in [-0.2, -0.15) is 5.10 Å². The number of aromatic nitrogens is 2. The number of rotatable bonds is 2. The van der Waals surface area contributed by atoms with Crippen LogP contribution in [0.15, 0.2) is 18.2 Å². The van der Waals surface area contributed by atoms with Gasteiger partial charge in [-0.05, 0) is 56.5 Å². The third kappa shape index (κ3) is 1.97. The average molecular weight is 232 g/mol. The second kappa shape index (κ2) is 4.32. The zero-order valence-corrected chi connectivity index (χ0v) is 10.7. The highest BCUT2D eigenvalue weighted by molar-refractivity contribution is 5.43. The second-order valence-electron chi connectivity index (χ2n) is 4.35. The van der Waals surface area contributed by atoms with Crippen molar-refractivity contribution >= 4 is 0 Å². The summed E-state index contributed by atoms with van der Waals surface area (Å²) in [6.07, 6.45) is 0.917. The molecule has 1 aromatic heterocycles. The van der Waals surface area contributed by atoms with Crippen LogP contribution in [0.3, 0.4) is 0 Å². The molecule has 1 aromatic carbocycles. The Balaban J connectivity index is 2.60. The maximum absolute atomic E-state index is 13.1. The Labute approximate surface area is 101 Å². The standard InChI is InChI=1S/C14H17FN2/c1-5-13-10(3)11(4)17(16-13)14-7-6-12(15)8-9(14)2/h6-8H,5H2,1-4H3. The highest BCUT2D eigenvalue weighted by Gasteiger charge is 2.12. The predicted octanol–water partition coefficient (Wildman–Crippen LogP) is 3.50. The first-order valence-electron chi connectivity index (χ1n) is 5.86. The molecule has 0 unspecified atom stereocenters. The highest BCUT2D eigenvalue weighted by atomic mass is 19.1. The summed E-state index contributed by atoms with van der Waals surface area (Å²) in [6.45, 7) is 8.12. The topological polar surface area (TPSA) is 17.8 Å². The molecule has 1 heterocycles. The largest absolute Gasteiger partial charge is 0.237 e. The molecule has 3 heteroatoms. The number of aryl methyl sites for hydroxylation is 2. The van der Waals surface area contributed by atoms with Crippen molar-refractivity contribution in [2.24, 2.45) is 0 Å². The number of hydrogen-bond donors (Lipinski definition) is 0. The Kier molecular flexibility index (Phi) is 3.01. The Bertz CT molecular complexity index is 556. The summed E-state index contributed by atoms with van der Waals surface area (Å²) in [4.78, 5) is 0. The van der Waals surface area contributed by atoms with Crippen molar-refractivity contribution in [3.05, 3.63) is 46.5 Å². The van der Waals surface area contributed by atoms with E-state index >= 15 is 0 Å². The highest BCUT2D eigenvalue weighted by Crippen LogP contribution is 2.20. The van der Waals surface area contributed by atoms with Gasteiger partial charge in [0.15, 0.2) is 0 Å². The van der Waals surface area contributed by atoms with Gasteiger partial charge in [0.25, 0.3) is 0 Å². The van der Waals surface area contributed by atoms with E-state index in [2.05, 4.69) is 18.9 Å². The molecule has 0 saturated carbocycles. The van der Waals surface area contributed by atoms with E-state index in [9.17, 15) is 4.39 Å². The summed E-state index contributed by atoms with van der Waals surface area (Å²) < 4.78 is 15.0. The van der Waals surface area contributed by atoms with Crippen molar-refractivity contribution in [1.29, 1.82) is 0 Å². The molecule has 0 radical (unpaired) electrons. The summed E-state index contributed by atoms with van der Waals surface area (Å²) >= 11 is 0. The van der Waals surface area contributed by atoms with Gasteiger partial charge in [-0.1, -0.05) is 6.92 Å². The number of nitrogens with zero attached hydrogens (tertiary/aromatic N) is 2. The quantitative estimate of drug-likeness (QED) is 0.775. The van der Waals surface area contributed by atoms with Crippen molar-refractivity contribution in [2.45, 2.75) is 34.1 Å². The van der Waals surface area contributed by atoms with Gasteiger partial charge in [0.2, 0.25) is 0 Å². The lowest BCUT2D eigenvalue weighted by molar-refractivity contribution is 0.625. The molecule has 0 fully saturated rings. The van der Waals surface area contributed by atoms with Gasteiger partial charge in [-0.15, -0.1) is 0 Å². The average Bonchev–Trinajstić information content (AvgIpc) is 2.57. The molecule has 0 N–H and O–H groups in total.